The van der Waals surface area contributed by atoms with Crippen LogP contribution in [0.15, 0.2) is 12.3 Å². The normalized spacial score (nSPS) is 26.0. The molecule has 0 radical (unpaired) electrons. The van der Waals surface area contributed by atoms with Gasteiger partial charge in [0.25, 0.3) is 0 Å². The van der Waals surface area contributed by atoms with Crippen LogP contribution in [0.2, 0.25) is 0 Å². The first-order valence-electron chi connectivity index (χ1n) is 5.62. The second kappa shape index (κ2) is 4.33. The van der Waals surface area contributed by atoms with Crippen LogP contribution in [0.1, 0.15) is 19.0 Å². The van der Waals surface area contributed by atoms with E-state index in [0.29, 0.717) is 5.54 Å². The Hall–Kier alpha value is -0.870. The molecule has 1 aliphatic rings. The number of aryl methyl sites for hydroxylation is 1. The Morgan fingerprint density at radius 3 is 3.13 bits per heavy atom. The quantitative estimate of drug-likeness (QED) is 0.748. The van der Waals surface area contributed by atoms with E-state index in [-0.39, 0.29) is 0 Å². The van der Waals surface area contributed by atoms with Crippen molar-refractivity contribution >= 4 is 0 Å². The van der Waals surface area contributed by atoms with E-state index in [9.17, 15) is 0 Å². The highest BCUT2D eigenvalue weighted by atomic mass is 15.3. The van der Waals surface area contributed by atoms with Crippen molar-refractivity contribution in [2.75, 3.05) is 19.6 Å². The number of aromatic nitrogens is 2. The van der Waals surface area contributed by atoms with Crippen molar-refractivity contribution in [1.29, 1.82) is 0 Å². The highest BCUT2D eigenvalue weighted by Crippen LogP contribution is 2.12. The smallest absolute Gasteiger partial charge is 0.0492 e. The van der Waals surface area contributed by atoms with Crippen LogP contribution in [0, 0.1) is 0 Å². The molecule has 4 heteroatoms. The number of nitrogens with one attached hydrogen (secondary N) is 2. The van der Waals surface area contributed by atoms with Crippen molar-refractivity contribution in [3.63, 3.8) is 0 Å². The van der Waals surface area contributed by atoms with Gasteiger partial charge in [-0.2, -0.15) is 5.10 Å². The molecule has 84 valence electrons. The Labute approximate surface area is 91.1 Å². The number of hydrogen-bond acceptors (Lipinski definition) is 3. The van der Waals surface area contributed by atoms with Gasteiger partial charge in [0.1, 0.15) is 0 Å². The van der Waals surface area contributed by atoms with E-state index >= 15 is 0 Å². The van der Waals surface area contributed by atoms with E-state index in [2.05, 4.69) is 28.7 Å². The van der Waals surface area contributed by atoms with Gasteiger partial charge in [-0.1, -0.05) is 0 Å². The molecule has 0 amide bonds. The molecule has 0 aliphatic carbocycles. The van der Waals surface area contributed by atoms with Crippen LogP contribution >= 0.6 is 0 Å². The molecule has 4 nitrogen and oxygen atoms in total. The summed E-state index contributed by atoms with van der Waals surface area (Å²) in [5.74, 6) is 0. The summed E-state index contributed by atoms with van der Waals surface area (Å²) in [5.41, 5.74) is 1.58. The van der Waals surface area contributed by atoms with Gasteiger partial charge in [-0.25, -0.2) is 0 Å². The zero-order valence-corrected chi connectivity index (χ0v) is 9.58. The lowest BCUT2D eigenvalue weighted by atomic mass is 10.0. The van der Waals surface area contributed by atoms with Gasteiger partial charge in [-0.15, -0.1) is 0 Å². The van der Waals surface area contributed by atoms with E-state index in [1.54, 1.807) is 0 Å². The van der Waals surface area contributed by atoms with Gasteiger partial charge in [0.05, 0.1) is 0 Å². The molecular formula is C11H20N4. The van der Waals surface area contributed by atoms with Crippen LogP contribution in [0.25, 0.3) is 0 Å². The topological polar surface area (TPSA) is 41.9 Å². The lowest BCUT2D eigenvalue weighted by Crippen LogP contribution is -2.45. The molecule has 2 rings (SSSR count). The van der Waals surface area contributed by atoms with Gasteiger partial charge in [0.15, 0.2) is 0 Å². The SMILES string of the molecule is Cn1nccc1CCNC1(C)CCNC1. The fraction of sp³-hybridized carbons (Fsp3) is 0.727. The summed E-state index contributed by atoms with van der Waals surface area (Å²) in [6.07, 6.45) is 4.12. The maximum absolute atomic E-state index is 4.16. The largest absolute Gasteiger partial charge is 0.315 e. The first kappa shape index (κ1) is 10.6. The van der Waals surface area contributed by atoms with Crippen molar-refractivity contribution < 1.29 is 0 Å². The maximum atomic E-state index is 4.16. The summed E-state index contributed by atoms with van der Waals surface area (Å²) in [4.78, 5) is 0. The Bertz CT molecular complexity index is 312. The molecule has 15 heavy (non-hydrogen) atoms. The van der Waals surface area contributed by atoms with Crippen molar-refractivity contribution in [1.82, 2.24) is 20.4 Å². The van der Waals surface area contributed by atoms with Crippen molar-refractivity contribution in [3.8, 4) is 0 Å². The third kappa shape index (κ3) is 2.58. The van der Waals surface area contributed by atoms with E-state index in [4.69, 9.17) is 0 Å². The second-order valence-electron chi connectivity index (χ2n) is 4.61. The minimum atomic E-state index is 0.290. The molecule has 1 unspecified atom stereocenters. The van der Waals surface area contributed by atoms with Gasteiger partial charge >= 0.3 is 0 Å². The van der Waals surface area contributed by atoms with Gasteiger partial charge < -0.3 is 10.6 Å². The van der Waals surface area contributed by atoms with Gasteiger partial charge in [0.2, 0.25) is 0 Å². The van der Waals surface area contributed by atoms with E-state index in [0.717, 1.165) is 26.1 Å². The molecule has 0 saturated carbocycles. The Balaban J connectivity index is 1.77. The third-order valence-corrected chi connectivity index (χ3v) is 3.22. The molecule has 0 bridgehead atoms. The fourth-order valence-electron chi connectivity index (χ4n) is 2.11. The lowest BCUT2D eigenvalue weighted by Gasteiger charge is -2.24. The van der Waals surface area contributed by atoms with E-state index < -0.39 is 0 Å². The van der Waals surface area contributed by atoms with Crippen LogP contribution in [0.5, 0.6) is 0 Å². The summed E-state index contributed by atoms with van der Waals surface area (Å²) in [6, 6.07) is 2.08. The molecule has 1 aromatic heterocycles. The fourth-order valence-corrected chi connectivity index (χ4v) is 2.11. The van der Waals surface area contributed by atoms with Crippen LogP contribution in [0.4, 0.5) is 0 Å². The summed E-state index contributed by atoms with van der Waals surface area (Å²) in [7, 11) is 1.99. The van der Waals surface area contributed by atoms with Crippen LogP contribution in [0.3, 0.4) is 0 Å². The van der Waals surface area contributed by atoms with E-state index in [1.165, 1.54) is 12.1 Å². The van der Waals surface area contributed by atoms with E-state index in [1.807, 2.05) is 17.9 Å². The van der Waals surface area contributed by atoms with Crippen molar-refractivity contribution in [3.05, 3.63) is 18.0 Å². The molecule has 1 fully saturated rings. The zero-order valence-electron chi connectivity index (χ0n) is 9.58. The zero-order chi connectivity index (χ0) is 10.7. The Kier molecular flexibility index (Phi) is 3.07. The molecule has 1 aromatic rings. The van der Waals surface area contributed by atoms with Crippen LogP contribution in [-0.4, -0.2) is 35.0 Å². The van der Waals surface area contributed by atoms with Gasteiger partial charge in [-0.05, 0) is 26.0 Å². The van der Waals surface area contributed by atoms with Crippen LogP contribution in [-0.2, 0) is 13.5 Å². The average Bonchev–Trinajstić information content (AvgIpc) is 2.78. The minimum Gasteiger partial charge on any atom is -0.315 e. The molecule has 2 N–H and O–H groups in total. The second-order valence-corrected chi connectivity index (χ2v) is 4.61. The average molecular weight is 208 g/mol. The summed E-state index contributed by atoms with van der Waals surface area (Å²) in [5, 5.41) is 11.2. The lowest BCUT2D eigenvalue weighted by molar-refractivity contribution is 0.389. The van der Waals surface area contributed by atoms with Crippen molar-refractivity contribution in [2.45, 2.75) is 25.3 Å². The number of rotatable bonds is 4. The first-order valence-corrected chi connectivity index (χ1v) is 5.62. The molecular weight excluding hydrogens is 188 g/mol. The number of nitrogens with zero attached hydrogens (tertiary/aromatic N) is 2. The first-order chi connectivity index (χ1) is 7.20. The molecule has 1 aliphatic heterocycles. The summed E-state index contributed by atoms with van der Waals surface area (Å²) >= 11 is 0. The monoisotopic (exact) mass is 208 g/mol. The highest BCUT2D eigenvalue weighted by Gasteiger charge is 2.27. The number of hydrogen-bond donors (Lipinski definition) is 2. The molecule has 1 atom stereocenters. The molecule has 1 saturated heterocycles. The minimum absolute atomic E-state index is 0.290. The van der Waals surface area contributed by atoms with Gasteiger partial charge in [0, 0.05) is 44.0 Å². The molecule has 0 spiro atoms. The Morgan fingerprint density at radius 2 is 2.53 bits per heavy atom. The predicted molar refractivity (Wildman–Crippen MR) is 60.8 cm³/mol. The third-order valence-electron chi connectivity index (χ3n) is 3.22. The summed E-state index contributed by atoms with van der Waals surface area (Å²) in [6.45, 7) is 5.53. The Morgan fingerprint density at radius 1 is 1.67 bits per heavy atom. The maximum Gasteiger partial charge on any atom is 0.0492 e. The van der Waals surface area contributed by atoms with Crippen molar-refractivity contribution in [2.24, 2.45) is 7.05 Å². The highest BCUT2D eigenvalue weighted by molar-refractivity contribution is 5.01. The summed E-state index contributed by atoms with van der Waals surface area (Å²) < 4.78 is 1.94. The van der Waals surface area contributed by atoms with Gasteiger partial charge in [-0.3, -0.25) is 4.68 Å². The predicted octanol–water partition coefficient (Wildman–Crippen LogP) is 0.304. The molecule has 2 heterocycles. The standard InChI is InChI=1S/C11H20N4/c1-11(5-8-12-9-11)13-6-3-10-4-7-14-15(10)2/h4,7,12-13H,3,5-6,8-9H2,1-2H3. The van der Waals surface area contributed by atoms with Crippen LogP contribution < -0.4 is 10.6 Å². The molecule has 0 aromatic carbocycles.